The van der Waals surface area contributed by atoms with E-state index in [-0.39, 0.29) is 5.91 Å². The van der Waals surface area contributed by atoms with Crippen molar-refractivity contribution >= 4 is 17.5 Å². The van der Waals surface area contributed by atoms with Gasteiger partial charge in [-0.05, 0) is 36.2 Å². The molecule has 0 radical (unpaired) electrons. The van der Waals surface area contributed by atoms with Gasteiger partial charge in [0.25, 0.3) is 5.91 Å². The highest BCUT2D eigenvalue weighted by Gasteiger charge is 2.17. The van der Waals surface area contributed by atoms with E-state index in [4.69, 9.17) is 21.1 Å². The summed E-state index contributed by atoms with van der Waals surface area (Å²) in [6, 6.07) is 13.4. The molecule has 0 atom stereocenters. The van der Waals surface area contributed by atoms with E-state index in [9.17, 15) is 4.79 Å². The van der Waals surface area contributed by atoms with Crippen LogP contribution in [0.25, 0.3) is 5.69 Å². The maximum Gasteiger partial charge on any atom is 0.269 e. The fraction of sp³-hybridized carbons (Fsp3) is 0.200. The molecular weight excluding hydrogens is 366 g/mol. The molecule has 1 aromatic heterocycles. The Morgan fingerprint density at radius 1 is 1.19 bits per heavy atom. The van der Waals surface area contributed by atoms with Crippen molar-refractivity contribution in [2.45, 2.75) is 6.42 Å². The highest BCUT2D eigenvalue weighted by Crippen LogP contribution is 2.38. The van der Waals surface area contributed by atoms with Crippen molar-refractivity contribution in [2.24, 2.45) is 0 Å². The summed E-state index contributed by atoms with van der Waals surface area (Å²) in [5, 5.41) is 3.45. The average molecular weight is 384 g/mol. The lowest BCUT2D eigenvalue weighted by Gasteiger charge is -2.20. The molecule has 0 unspecified atom stereocenters. The third-order valence-electron chi connectivity index (χ3n) is 4.26. The number of halogens is 1. The van der Waals surface area contributed by atoms with Crippen LogP contribution in [0.5, 0.6) is 11.5 Å². The first-order chi connectivity index (χ1) is 13.2. The number of para-hydroxylation sites is 1. The fourth-order valence-electron chi connectivity index (χ4n) is 2.98. The Kier molecular flexibility index (Phi) is 4.98. The molecule has 0 spiro atoms. The molecule has 0 aliphatic carbocycles. The van der Waals surface area contributed by atoms with E-state index >= 15 is 0 Å². The van der Waals surface area contributed by atoms with Crippen molar-refractivity contribution < 1.29 is 14.3 Å². The van der Waals surface area contributed by atoms with Gasteiger partial charge in [0.1, 0.15) is 18.9 Å². The normalized spacial score (nSPS) is 12.6. The molecule has 7 heteroatoms. The smallest absolute Gasteiger partial charge is 0.269 e. The Morgan fingerprint density at radius 2 is 2.00 bits per heavy atom. The van der Waals surface area contributed by atoms with Gasteiger partial charge in [0.15, 0.2) is 11.5 Å². The van der Waals surface area contributed by atoms with Crippen LogP contribution in [0.3, 0.4) is 0 Å². The molecule has 0 saturated heterocycles. The number of nitrogens with zero attached hydrogens (tertiary/aromatic N) is 2. The van der Waals surface area contributed by atoms with Crippen molar-refractivity contribution in [3.8, 4) is 17.2 Å². The number of carbonyl (C=O) groups excluding carboxylic acids is 1. The molecule has 3 aromatic rings. The van der Waals surface area contributed by atoms with E-state index in [1.54, 1.807) is 17.1 Å². The van der Waals surface area contributed by atoms with Crippen LogP contribution in [0.2, 0.25) is 5.02 Å². The molecule has 0 fully saturated rings. The molecule has 1 N–H and O–H groups in total. The van der Waals surface area contributed by atoms with Crippen LogP contribution in [-0.2, 0) is 6.42 Å². The number of carbonyl (C=O) groups is 1. The second kappa shape index (κ2) is 7.72. The van der Waals surface area contributed by atoms with Gasteiger partial charge in [-0.1, -0.05) is 29.8 Å². The summed E-state index contributed by atoms with van der Waals surface area (Å²) in [4.78, 5) is 16.6. The Hall–Kier alpha value is -2.99. The first-order valence-corrected chi connectivity index (χ1v) is 9.04. The third kappa shape index (κ3) is 3.75. The maximum atomic E-state index is 12.5. The molecule has 1 amide bonds. The van der Waals surface area contributed by atoms with Crippen molar-refractivity contribution in [3.63, 3.8) is 0 Å². The van der Waals surface area contributed by atoms with Crippen molar-refractivity contribution in [2.75, 3.05) is 19.8 Å². The molecule has 1 aliphatic heterocycles. The minimum Gasteiger partial charge on any atom is -0.486 e. The van der Waals surface area contributed by atoms with E-state index in [1.807, 2.05) is 42.5 Å². The fourth-order valence-corrected chi connectivity index (χ4v) is 3.26. The van der Waals surface area contributed by atoms with Crippen molar-refractivity contribution in [1.82, 2.24) is 14.9 Å². The zero-order valence-corrected chi connectivity index (χ0v) is 15.3. The van der Waals surface area contributed by atoms with Crippen molar-refractivity contribution in [1.29, 1.82) is 0 Å². The van der Waals surface area contributed by atoms with Gasteiger partial charge < -0.3 is 14.8 Å². The van der Waals surface area contributed by atoms with E-state index in [1.165, 1.54) is 0 Å². The number of nitrogens with one attached hydrogen (secondary N) is 1. The quantitative estimate of drug-likeness (QED) is 0.734. The van der Waals surface area contributed by atoms with Crippen LogP contribution in [0.4, 0.5) is 0 Å². The van der Waals surface area contributed by atoms with Crippen LogP contribution in [-0.4, -0.2) is 35.2 Å². The third-order valence-corrected chi connectivity index (χ3v) is 4.54. The highest BCUT2D eigenvalue weighted by molar-refractivity contribution is 6.32. The SMILES string of the molecule is O=C(NCCc1cc(Cl)c2c(c1)OCCO2)c1cncn1-c1ccccc1. The van der Waals surface area contributed by atoms with Gasteiger partial charge in [-0.25, -0.2) is 4.98 Å². The van der Waals surface area contributed by atoms with Gasteiger partial charge in [-0.3, -0.25) is 9.36 Å². The molecule has 4 rings (SSSR count). The molecule has 0 saturated carbocycles. The lowest BCUT2D eigenvalue weighted by molar-refractivity contribution is 0.0947. The van der Waals surface area contributed by atoms with Crippen LogP contribution in [0.1, 0.15) is 16.1 Å². The number of amides is 1. The van der Waals surface area contributed by atoms with Crippen molar-refractivity contribution in [3.05, 3.63) is 71.3 Å². The average Bonchev–Trinajstić information content (AvgIpc) is 3.19. The first-order valence-electron chi connectivity index (χ1n) is 8.66. The van der Waals surface area contributed by atoms with Crippen LogP contribution < -0.4 is 14.8 Å². The van der Waals surface area contributed by atoms with E-state index in [2.05, 4.69) is 10.3 Å². The minimum atomic E-state index is -0.181. The van der Waals surface area contributed by atoms with Gasteiger partial charge in [0, 0.05) is 12.2 Å². The van der Waals surface area contributed by atoms with E-state index in [0.29, 0.717) is 48.4 Å². The number of ether oxygens (including phenoxy) is 2. The summed E-state index contributed by atoms with van der Waals surface area (Å²) in [7, 11) is 0. The van der Waals surface area contributed by atoms with Gasteiger partial charge in [-0.2, -0.15) is 0 Å². The Labute approximate surface area is 161 Å². The molecule has 6 nitrogen and oxygen atoms in total. The Bertz CT molecular complexity index is 956. The molecule has 2 aromatic carbocycles. The predicted molar refractivity (Wildman–Crippen MR) is 102 cm³/mol. The standard InChI is InChI=1S/C20H18ClN3O3/c21-16-10-14(11-18-19(16)27-9-8-26-18)6-7-23-20(25)17-12-22-13-24(17)15-4-2-1-3-5-15/h1-5,10-13H,6-9H2,(H,23,25). The zero-order chi connectivity index (χ0) is 18.6. The van der Waals surface area contributed by atoms with Gasteiger partial charge in [-0.15, -0.1) is 0 Å². The summed E-state index contributed by atoms with van der Waals surface area (Å²) < 4.78 is 12.9. The van der Waals surface area contributed by atoms with Gasteiger partial charge in [0.2, 0.25) is 0 Å². The summed E-state index contributed by atoms with van der Waals surface area (Å²) >= 11 is 6.25. The number of hydrogen-bond donors (Lipinski definition) is 1. The Balaban J connectivity index is 1.41. The molecule has 1 aliphatic rings. The lowest BCUT2D eigenvalue weighted by Crippen LogP contribution is -2.27. The first kappa shape index (κ1) is 17.4. The molecule has 0 bridgehead atoms. The molecular formula is C20H18ClN3O3. The van der Waals surface area contributed by atoms with E-state index < -0.39 is 0 Å². The summed E-state index contributed by atoms with van der Waals surface area (Å²) in [5.41, 5.74) is 2.35. The molecule has 27 heavy (non-hydrogen) atoms. The highest BCUT2D eigenvalue weighted by atomic mass is 35.5. The second-order valence-electron chi connectivity index (χ2n) is 6.09. The number of imidazole rings is 1. The molecule has 2 heterocycles. The summed E-state index contributed by atoms with van der Waals surface area (Å²) in [6.45, 7) is 1.47. The van der Waals surface area contributed by atoms with Crippen LogP contribution in [0, 0.1) is 0 Å². The Morgan fingerprint density at radius 3 is 2.85 bits per heavy atom. The molecule has 138 valence electrons. The maximum absolute atomic E-state index is 12.5. The van der Waals surface area contributed by atoms with Crippen LogP contribution in [0.15, 0.2) is 55.0 Å². The number of aromatic nitrogens is 2. The van der Waals surface area contributed by atoms with E-state index in [0.717, 1.165) is 11.3 Å². The predicted octanol–water partition coefficient (Wildman–Crippen LogP) is 3.27. The lowest BCUT2D eigenvalue weighted by atomic mass is 10.1. The monoisotopic (exact) mass is 383 g/mol. The number of hydrogen-bond acceptors (Lipinski definition) is 4. The summed E-state index contributed by atoms with van der Waals surface area (Å²) in [6.07, 6.45) is 3.82. The summed E-state index contributed by atoms with van der Waals surface area (Å²) in [5.74, 6) is 1.06. The second-order valence-corrected chi connectivity index (χ2v) is 6.50. The number of rotatable bonds is 5. The minimum absolute atomic E-state index is 0.181. The van der Waals surface area contributed by atoms with Crippen LogP contribution >= 0.6 is 11.6 Å². The number of benzene rings is 2. The zero-order valence-electron chi connectivity index (χ0n) is 14.5. The largest absolute Gasteiger partial charge is 0.486 e. The topological polar surface area (TPSA) is 65.4 Å². The van der Waals surface area contributed by atoms with Gasteiger partial charge >= 0.3 is 0 Å². The number of fused-ring (bicyclic) bond motifs is 1. The van der Waals surface area contributed by atoms with Gasteiger partial charge in [0.05, 0.1) is 17.5 Å².